The minimum absolute atomic E-state index is 0.102. The maximum absolute atomic E-state index is 12.3. The van der Waals surface area contributed by atoms with Crippen LogP contribution in [0, 0.1) is 13.8 Å². The van der Waals surface area contributed by atoms with Gasteiger partial charge in [0.1, 0.15) is 0 Å². The van der Waals surface area contributed by atoms with E-state index in [1.54, 1.807) is 17.5 Å². The van der Waals surface area contributed by atoms with Gasteiger partial charge in [-0.3, -0.25) is 9.52 Å². The second-order valence-corrected chi connectivity index (χ2v) is 8.70. The molecule has 0 spiro atoms. The number of aryl methyl sites for hydroxylation is 2. The lowest BCUT2D eigenvalue weighted by molar-refractivity contribution is -0.115. The molecule has 0 fully saturated rings. The van der Waals surface area contributed by atoms with Crippen LogP contribution < -0.4 is 10.0 Å². The Morgan fingerprint density at radius 3 is 2.52 bits per heavy atom. The molecule has 3 aromatic rings. The second kappa shape index (κ2) is 7.89. The summed E-state index contributed by atoms with van der Waals surface area (Å²) in [5, 5.41) is 4.79. The van der Waals surface area contributed by atoms with Gasteiger partial charge in [0, 0.05) is 17.3 Å². The van der Waals surface area contributed by atoms with E-state index in [0.29, 0.717) is 10.8 Å². The van der Waals surface area contributed by atoms with Gasteiger partial charge in [0.05, 0.1) is 11.3 Å². The standard InChI is InChI=1S/C19H19N3O3S2/c1-13-3-4-14(2)15(11-13)12-18(23)21-16-5-7-17(8-6-16)27(24,25)22-19-20-9-10-26-19/h3-11H,12H2,1-2H3,(H,20,22)(H,21,23). The molecule has 0 radical (unpaired) electrons. The lowest BCUT2D eigenvalue weighted by atomic mass is 10.0. The molecular weight excluding hydrogens is 382 g/mol. The van der Waals surface area contributed by atoms with Crippen molar-refractivity contribution in [2.24, 2.45) is 0 Å². The normalized spacial score (nSPS) is 11.2. The molecule has 3 rings (SSSR count). The topological polar surface area (TPSA) is 88.2 Å². The molecule has 1 heterocycles. The molecule has 1 amide bonds. The number of anilines is 2. The zero-order valence-corrected chi connectivity index (χ0v) is 16.5. The fraction of sp³-hybridized carbons (Fsp3) is 0.158. The summed E-state index contributed by atoms with van der Waals surface area (Å²) < 4.78 is 27.0. The SMILES string of the molecule is Cc1ccc(C)c(CC(=O)Nc2ccc(S(=O)(=O)Nc3nccs3)cc2)c1. The molecular formula is C19H19N3O3S2. The first-order valence-electron chi connectivity index (χ1n) is 8.22. The molecule has 0 saturated carbocycles. The Morgan fingerprint density at radius 1 is 1.11 bits per heavy atom. The molecule has 27 heavy (non-hydrogen) atoms. The molecule has 0 aliphatic carbocycles. The van der Waals surface area contributed by atoms with Crippen molar-refractivity contribution < 1.29 is 13.2 Å². The van der Waals surface area contributed by atoms with Crippen LogP contribution in [-0.2, 0) is 21.2 Å². The zero-order chi connectivity index (χ0) is 19.4. The fourth-order valence-corrected chi connectivity index (χ4v) is 4.32. The van der Waals surface area contributed by atoms with Gasteiger partial charge in [0.15, 0.2) is 5.13 Å². The van der Waals surface area contributed by atoms with Gasteiger partial charge in [-0.2, -0.15) is 0 Å². The van der Waals surface area contributed by atoms with E-state index >= 15 is 0 Å². The fourth-order valence-electron chi connectivity index (χ4n) is 2.53. The highest BCUT2D eigenvalue weighted by Gasteiger charge is 2.15. The number of carbonyl (C=O) groups excluding carboxylic acids is 1. The summed E-state index contributed by atoms with van der Waals surface area (Å²) in [4.78, 5) is 16.3. The van der Waals surface area contributed by atoms with E-state index in [0.717, 1.165) is 16.7 Å². The van der Waals surface area contributed by atoms with Crippen molar-refractivity contribution in [3.05, 3.63) is 70.7 Å². The van der Waals surface area contributed by atoms with Gasteiger partial charge in [-0.05, 0) is 49.2 Å². The van der Waals surface area contributed by atoms with Crippen LogP contribution in [0.2, 0.25) is 0 Å². The maximum Gasteiger partial charge on any atom is 0.263 e. The number of rotatable bonds is 6. The first kappa shape index (κ1) is 19.1. The number of nitrogens with one attached hydrogen (secondary N) is 2. The Hall–Kier alpha value is -2.71. The Balaban J connectivity index is 1.66. The summed E-state index contributed by atoms with van der Waals surface area (Å²) in [5.41, 5.74) is 3.67. The Kier molecular flexibility index (Phi) is 5.57. The lowest BCUT2D eigenvalue weighted by Crippen LogP contribution is -2.16. The van der Waals surface area contributed by atoms with Gasteiger partial charge in [-0.1, -0.05) is 23.8 Å². The van der Waals surface area contributed by atoms with Crippen LogP contribution in [0.25, 0.3) is 0 Å². The highest BCUT2D eigenvalue weighted by Crippen LogP contribution is 2.20. The third-order valence-corrected chi connectivity index (χ3v) is 6.13. The number of amides is 1. The number of carbonyl (C=O) groups is 1. The molecule has 140 valence electrons. The number of aromatic nitrogens is 1. The number of thiazole rings is 1. The summed E-state index contributed by atoms with van der Waals surface area (Å²) >= 11 is 1.20. The molecule has 0 bridgehead atoms. The maximum atomic E-state index is 12.3. The van der Waals surface area contributed by atoms with Gasteiger partial charge >= 0.3 is 0 Å². The van der Waals surface area contributed by atoms with Crippen LogP contribution in [0.1, 0.15) is 16.7 Å². The third kappa shape index (κ3) is 4.93. The quantitative estimate of drug-likeness (QED) is 0.659. The van der Waals surface area contributed by atoms with Crippen molar-refractivity contribution in [2.45, 2.75) is 25.2 Å². The first-order valence-corrected chi connectivity index (χ1v) is 10.6. The molecule has 2 aromatic carbocycles. The highest BCUT2D eigenvalue weighted by atomic mass is 32.2. The molecule has 2 N–H and O–H groups in total. The average molecular weight is 402 g/mol. The number of hydrogen-bond donors (Lipinski definition) is 2. The van der Waals surface area contributed by atoms with Crippen LogP contribution in [0.5, 0.6) is 0 Å². The summed E-state index contributed by atoms with van der Waals surface area (Å²) in [7, 11) is -3.70. The van der Waals surface area contributed by atoms with Crippen molar-refractivity contribution in [2.75, 3.05) is 10.0 Å². The average Bonchev–Trinajstić information content (AvgIpc) is 3.11. The van der Waals surface area contributed by atoms with Crippen molar-refractivity contribution in [3.63, 3.8) is 0 Å². The molecule has 0 aliphatic heterocycles. The van der Waals surface area contributed by atoms with Gasteiger partial charge in [0.2, 0.25) is 5.91 Å². The monoisotopic (exact) mass is 401 g/mol. The van der Waals surface area contributed by atoms with Crippen LogP contribution in [0.15, 0.2) is 58.9 Å². The van der Waals surface area contributed by atoms with Crippen molar-refractivity contribution in [1.29, 1.82) is 0 Å². The molecule has 6 nitrogen and oxygen atoms in total. The number of nitrogens with zero attached hydrogens (tertiary/aromatic N) is 1. The van der Waals surface area contributed by atoms with Crippen LogP contribution in [0.4, 0.5) is 10.8 Å². The summed E-state index contributed by atoms with van der Waals surface area (Å²) in [5.74, 6) is -0.153. The van der Waals surface area contributed by atoms with E-state index in [2.05, 4.69) is 15.0 Å². The summed E-state index contributed by atoms with van der Waals surface area (Å²) in [6, 6.07) is 12.0. The predicted molar refractivity (Wildman–Crippen MR) is 108 cm³/mol. The summed E-state index contributed by atoms with van der Waals surface area (Å²) in [6.07, 6.45) is 1.79. The first-order chi connectivity index (χ1) is 12.8. The lowest BCUT2D eigenvalue weighted by Gasteiger charge is -2.09. The van der Waals surface area contributed by atoms with E-state index in [1.807, 2.05) is 32.0 Å². The minimum Gasteiger partial charge on any atom is -0.326 e. The van der Waals surface area contributed by atoms with Crippen molar-refractivity contribution >= 4 is 38.1 Å². The largest absolute Gasteiger partial charge is 0.326 e. The van der Waals surface area contributed by atoms with E-state index in [-0.39, 0.29) is 17.2 Å². The minimum atomic E-state index is -3.70. The van der Waals surface area contributed by atoms with Crippen LogP contribution in [-0.4, -0.2) is 19.3 Å². The van der Waals surface area contributed by atoms with Gasteiger partial charge < -0.3 is 5.32 Å². The second-order valence-electron chi connectivity index (χ2n) is 6.12. The molecule has 8 heteroatoms. The van der Waals surface area contributed by atoms with Crippen molar-refractivity contribution in [1.82, 2.24) is 4.98 Å². The molecule has 1 aromatic heterocycles. The Bertz CT molecular complexity index is 1040. The molecule has 0 saturated heterocycles. The molecule has 0 unspecified atom stereocenters. The van der Waals surface area contributed by atoms with Gasteiger partial charge in [0.25, 0.3) is 10.0 Å². The Labute approximate surface area is 162 Å². The predicted octanol–water partition coefficient (Wildman–Crippen LogP) is 3.74. The van der Waals surface area contributed by atoms with E-state index in [4.69, 9.17) is 0 Å². The Morgan fingerprint density at radius 2 is 1.85 bits per heavy atom. The van der Waals surface area contributed by atoms with E-state index in [9.17, 15) is 13.2 Å². The van der Waals surface area contributed by atoms with Gasteiger partial charge in [-0.15, -0.1) is 11.3 Å². The smallest absolute Gasteiger partial charge is 0.263 e. The summed E-state index contributed by atoms with van der Waals surface area (Å²) in [6.45, 7) is 3.96. The highest BCUT2D eigenvalue weighted by molar-refractivity contribution is 7.93. The van der Waals surface area contributed by atoms with E-state index in [1.165, 1.54) is 29.7 Å². The van der Waals surface area contributed by atoms with Crippen LogP contribution in [0.3, 0.4) is 0 Å². The third-order valence-electron chi connectivity index (χ3n) is 3.96. The number of hydrogen-bond acceptors (Lipinski definition) is 5. The van der Waals surface area contributed by atoms with E-state index < -0.39 is 10.0 Å². The number of sulfonamides is 1. The molecule has 0 aliphatic rings. The zero-order valence-electron chi connectivity index (χ0n) is 14.9. The number of benzene rings is 2. The van der Waals surface area contributed by atoms with Crippen molar-refractivity contribution in [3.8, 4) is 0 Å². The van der Waals surface area contributed by atoms with Gasteiger partial charge in [-0.25, -0.2) is 13.4 Å². The van der Waals surface area contributed by atoms with Crippen LogP contribution >= 0.6 is 11.3 Å². The molecule has 0 atom stereocenters.